The molecule has 0 aliphatic carbocycles. The van der Waals surface area contributed by atoms with Gasteiger partial charge in [-0.05, 0) is 22.4 Å². The number of aromatic nitrogens is 1. The molecule has 6 nitrogen and oxygen atoms in total. The Balaban J connectivity index is 2.52. The molecule has 8 heteroatoms. The van der Waals surface area contributed by atoms with Gasteiger partial charge in [-0.3, -0.25) is 4.79 Å². The first-order valence-electron chi connectivity index (χ1n) is 5.78. The topological polar surface area (TPSA) is 132 Å². The van der Waals surface area contributed by atoms with Crippen LogP contribution in [0.2, 0.25) is 0 Å². The summed E-state index contributed by atoms with van der Waals surface area (Å²) in [5.74, 6) is -0.507. The summed E-state index contributed by atoms with van der Waals surface area (Å²) in [4.78, 5) is 16.4. The molecule has 3 rings (SSSR count). The number of hydrogen-bond donors (Lipinski definition) is 3. The van der Waals surface area contributed by atoms with Crippen molar-refractivity contribution < 1.29 is 4.79 Å². The normalized spacial score (nSPS) is 10.6. The van der Waals surface area contributed by atoms with Gasteiger partial charge in [-0.15, -0.1) is 11.3 Å². The molecule has 0 saturated heterocycles. The van der Waals surface area contributed by atoms with Gasteiger partial charge in [-0.1, -0.05) is 0 Å². The number of carbonyl (C=O) groups is 1. The maximum absolute atomic E-state index is 11.5. The van der Waals surface area contributed by atoms with E-state index >= 15 is 0 Å². The minimum absolute atomic E-state index is 0.114. The second-order valence-electron chi connectivity index (χ2n) is 4.26. The van der Waals surface area contributed by atoms with E-state index in [1.807, 2.05) is 16.8 Å². The van der Waals surface area contributed by atoms with E-state index in [-0.39, 0.29) is 21.9 Å². The van der Waals surface area contributed by atoms with E-state index in [1.165, 1.54) is 11.3 Å². The van der Waals surface area contributed by atoms with Gasteiger partial charge >= 0.3 is 0 Å². The number of pyridine rings is 1. The molecular weight excluding hydrogens is 306 g/mol. The third kappa shape index (κ3) is 1.91. The minimum atomic E-state index is -0.621. The number of thiophene rings is 2. The largest absolute Gasteiger partial charge is 0.397 e. The van der Waals surface area contributed by atoms with Crippen LogP contribution in [-0.4, -0.2) is 10.9 Å². The standard InChI is InChI=1S/C13H9N5OS2/c14-3-6-7(5-1-2-20-4-5)8-9(15)10(12(17)19)21-13(8)18-11(6)16/h1-2,4H,15H2,(H2,16,18)(H2,17,19). The Kier molecular flexibility index (Phi) is 3.01. The predicted molar refractivity (Wildman–Crippen MR) is 85.0 cm³/mol. The number of anilines is 2. The Hall–Kier alpha value is -2.63. The Morgan fingerprint density at radius 1 is 1.38 bits per heavy atom. The number of nitrogen functional groups attached to an aromatic ring is 2. The molecule has 0 aliphatic rings. The molecule has 104 valence electrons. The lowest BCUT2D eigenvalue weighted by Gasteiger charge is -2.07. The fraction of sp³-hybridized carbons (Fsp3) is 0. The van der Waals surface area contributed by atoms with Gasteiger partial charge in [0.05, 0.1) is 5.69 Å². The number of primary amides is 1. The molecule has 0 bridgehead atoms. The zero-order valence-electron chi connectivity index (χ0n) is 10.6. The number of fused-ring (bicyclic) bond motifs is 1. The van der Waals surface area contributed by atoms with Crippen LogP contribution < -0.4 is 17.2 Å². The van der Waals surface area contributed by atoms with E-state index in [0.29, 0.717) is 15.8 Å². The predicted octanol–water partition coefficient (Wildman–Crippen LogP) is 2.16. The highest BCUT2D eigenvalue weighted by Crippen LogP contribution is 2.42. The van der Waals surface area contributed by atoms with Crippen molar-refractivity contribution in [1.29, 1.82) is 5.26 Å². The van der Waals surface area contributed by atoms with E-state index in [4.69, 9.17) is 17.2 Å². The maximum atomic E-state index is 11.5. The van der Waals surface area contributed by atoms with Crippen LogP contribution in [0.1, 0.15) is 15.2 Å². The molecule has 0 saturated carbocycles. The van der Waals surface area contributed by atoms with E-state index in [2.05, 4.69) is 11.1 Å². The number of nitriles is 1. The van der Waals surface area contributed by atoms with Gasteiger partial charge in [-0.25, -0.2) is 4.98 Å². The fourth-order valence-corrected chi connectivity index (χ4v) is 3.77. The van der Waals surface area contributed by atoms with Crippen LogP contribution in [0.4, 0.5) is 11.5 Å². The number of nitrogens with zero attached hydrogens (tertiary/aromatic N) is 2. The number of amides is 1. The lowest BCUT2D eigenvalue weighted by Crippen LogP contribution is -2.10. The van der Waals surface area contributed by atoms with Crippen LogP contribution in [0, 0.1) is 11.3 Å². The van der Waals surface area contributed by atoms with Gasteiger partial charge < -0.3 is 17.2 Å². The number of hydrogen-bond acceptors (Lipinski definition) is 7. The summed E-state index contributed by atoms with van der Waals surface area (Å²) in [7, 11) is 0. The van der Waals surface area contributed by atoms with Crippen molar-refractivity contribution in [2.45, 2.75) is 0 Å². The molecule has 0 atom stereocenters. The summed E-state index contributed by atoms with van der Waals surface area (Å²) in [6.07, 6.45) is 0. The van der Waals surface area contributed by atoms with Crippen molar-refractivity contribution >= 4 is 50.3 Å². The average molecular weight is 315 g/mol. The Bertz CT molecular complexity index is 905. The number of rotatable bonds is 2. The molecule has 0 aromatic carbocycles. The maximum Gasteiger partial charge on any atom is 0.260 e. The van der Waals surface area contributed by atoms with Crippen LogP contribution in [0.3, 0.4) is 0 Å². The Labute approximate surface area is 127 Å². The highest BCUT2D eigenvalue weighted by atomic mass is 32.1. The van der Waals surface area contributed by atoms with Gasteiger partial charge in [-0.2, -0.15) is 16.6 Å². The van der Waals surface area contributed by atoms with Crippen molar-refractivity contribution in [2.24, 2.45) is 5.73 Å². The quantitative estimate of drug-likeness (QED) is 0.666. The monoisotopic (exact) mass is 315 g/mol. The molecule has 3 heterocycles. The summed E-state index contributed by atoms with van der Waals surface area (Å²) in [6, 6.07) is 3.92. The number of carbonyl (C=O) groups excluding carboxylic acids is 1. The zero-order chi connectivity index (χ0) is 15.1. The number of nitrogens with two attached hydrogens (primary N) is 3. The van der Waals surface area contributed by atoms with Crippen molar-refractivity contribution in [2.75, 3.05) is 11.5 Å². The molecule has 3 aromatic rings. The highest BCUT2D eigenvalue weighted by Gasteiger charge is 2.23. The van der Waals surface area contributed by atoms with Crippen LogP contribution in [0.5, 0.6) is 0 Å². The Morgan fingerprint density at radius 3 is 2.71 bits per heavy atom. The van der Waals surface area contributed by atoms with Gasteiger partial charge in [0, 0.05) is 10.9 Å². The van der Waals surface area contributed by atoms with E-state index in [0.717, 1.165) is 16.9 Å². The lowest BCUT2D eigenvalue weighted by atomic mass is 9.99. The summed E-state index contributed by atoms with van der Waals surface area (Å²) in [6.45, 7) is 0. The van der Waals surface area contributed by atoms with Gasteiger partial charge in [0.2, 0.25) is 0 Å². The zero-order valence-corrected chi connectivity index (χ0v) is 12.2. The highest BCUT2D eigenvalue weighted by molar-refractivity contribution is 7.21. The van der Waals surface area contributed by atoms with Crippen molar-refractivity contribution in [3.63, 3.8) is 0 Å². The smallest absolute Gasteiger partial charge is 0.260 e. The third-order valence-corrected chi connectivity index (χ3v) is 4.85. The van der Waals surface area contributed by atoms with Crippen LogP contribution in [0.15, 0.2) is 16.8 Å². The van der Waals surface area contributed by atoms with Crippen LogP contribution in [0.25, 0.3) is 21.3 Å². The van der Waals surface area contributed by atoms with Gasteiger partial charge in [0.1, 0.15) is 27.2 Å². The van der Waals surface area contributed by atoms with Crippen LogP contribution in [-0.2, 0) is 0 Å². The summed E-state index contributed by atoms with van der Waals surface area (Å²) < 4.78 is 0. The Morgan fingerprint density at radius 2 is 2.14 bits per heavy atom. The van der Waals surface area contributed by atoms with Crippen molar-refractivity contribution in [1.82, 2.24) is 4.98 Å². The summed E-state index contributed by atoms with van der Waals surface area (Å²) in [5, 5.41) is 13.7. The summed E-state index contributed by atoms with van der Waals surface area (Å²) in [5.41, 5.74) is 19.1. The van der Waals surface area contributed by atoms with E-state index in [1.54, 1.807) is 0 Å². The molecule has 6 N–H and O–H groups in total. The fourth-order valence-electron chi connectivity index (χ4n) is 2.16. The van der Waals surface area contributed by atoms with Crippen LogP contribution >= 0.6 is 22.7 Å². The van der Waals surface area contributed by atoms with Crippen molar-refractivity contribution in [3.05, 3.63) is 27.3 Å². The molecule has 21 heavy (non-hydrogen) atoms. The molecular formula is C13H9N5OS2. The average Bonchev–Trinajstić information content (AvgIpc) is 3.06. The molecule has 0 aliphatic heterocycles. The lowest BCUT2D eigenvalue weighted by molar-refractivity contribution is 0.100. The molecule has 1 amide bonds. The van der Waals surface area contributed by atoms with Crippen molar-refractivity contribution in [3.8, 4) is 17.2 Å². The second-order valence-corrected chi connectivity index (χ2v) is 6.04. The SMILES string of the molecule is N#Cc1c(N)nc2sc(C(N)=O)c(N)c2c1-c1ccsc1. The molecule has 0 radical (unpaired) electrons. The van der Waals surface area contributed by atoms with Gasteiger partial charge in [0.25, 0.3) is 5.91 Å². The van der Waals surface area contributed by atoms with E-state index in [9.17, 15) is 10.1 Å². The third-order valence-electron chi connectivity index (χ3n) is 3.05. The summed E-state index contributed by atoms with van der Waals surface area (Å²) >= 11 is 2.57. The first kappa shape index (κ1) is 13.4. The first-order chi connectivity index (χ1) is 10.0. The molecule has 0 fully saturated rings. The van der Waals surface area contributed by atoms with Gasteiger partial charge in [0.15, 0.2) is 0 Å². The molecule has 3 aromatic heterocycles. The first-order valence-corrected chi connectivity index (χ1v) is 7.54. The second kappa shape index (κ2) is 4.73. The molecule has 0 spiro atoms. The minimum Gasteiger partial charge on any atom is -0.397 e. The van der Waals surface area contributed by atoms with E-state index < -0.39 is 5.91 Å². The molecule has 0 unspecified atom stereocenters.